The zero-order chi connectivity index (χ0) is 14.9. The molecule has 1 aromatic rings. The molecule has 0 N–H and O–H groups in total. The van der Waals surface area contributed by atoms with Crippen molar-refractivity contribution in [1.82, 2.24) is 0 Å². The maximum Gasteiger partial charge on any atom is 0.348 e. The van der Waals surface area contributed by atoms with Gasteiger partial charge in [-0.2, -0.15) is 5.26 Å². The van der Waals surface area contributed by atoms with Crippen LogP contribution in [0.4, 0.5) is 0 Å². The molecule has 1 fully saturated rings. The van der Waals surface area contributed by atoms with E-state index in [9.17, 15) is 9.59 Å². The molecular formula is C14H10ClNO4. The van der Waals surface area contributed by atoms with Gasteiger partial charge in [0.15, 0.2) is 0 Å². The number of hydrogen-bond acceptors (Lipinski definition) is 5. The predicted octanol–water partition coefficient (Wildman–Crippen LogP) is 2.43. The maximum atomic E-state index is 11.8. The fourth-order valence-electron chi connectivity index (χ4n) is 1.66. The predicted molar refractivity (Wildman–Crippen MR) is 70.4 cm³/mol. The number of benzene rings is 1. The largest absolute Gasteiger partial charge is 0.419 e. The quantitative estimate of drug-likeness (QED) is 0.451. The van der Waals surface area contributed by atoms with Gasteiger partial charge in [0, 0.05) is 13.8 Å². The Kier molecular flexibility index (Phi) is 3.51. The van der Waals surface area contributed by atoms with Crippen LogP contribution in [0, 0.1) is 11.3 Å². The van der Waals surface area contributed by atoms with Crippen LogP contribution in [0.3, 0.4) is 0 Å². The SMILES string of the molecule is CC1(C)OC(=O)C(=Cc2ccc(C#N)c(Cl)c2)C(=O)O1. The summed E-state index contributed by atoms with van der Waals surface area (Å²) in [5.41, 5.74) is 0.589. The monoisotopic (exact) mass is 291 g/mol. The number of cyclic esters (lactones) is 2. The number of esters is 2. The number of nitrogens with zero attached hydrogens (tertiary/aromatic N) is 1. The molecule has 1 aliphatic heterocycles. The summed E-state index contributed by atoms with van der Waals surface area (Å²) in [7, 11) is 0. The number of hydrogen-bond donors (Lipinski definition) is 0. The van der Waals surface area contributed by atoms with E-state index < -0.39 is 17.7 Å². The first-order valence-corrected chi connectivity index (χ1v) is 6.08. The van der Waals surface area contributed by atoms with Crippen molar-refractivity contribution in [2.24, 2.45) is 0 Å². The van der Waals surface area contributed by atoms with Gasteiger partial charge in [0.25, 0.3) is 5.79 Å². The van der Waals surface area contributed by atoms with Gasteiger partial charge in [0.2, 0.25) is 0 Å². The average molecular weight is 292 g/mol. The van der Waals surface area contributed by atoms with Crippen LogP contribution in [0.25, 0.3) is 6.08 Å². The van der Waals surface area contributed by atoms with Gasteiger partial charge in [0.1, 0.15) is 11.6 Å². The molecule has 1 saturated heterocycles. The van der Waals surface area contributed by atoms with E-state index in [1.165, 1.54) is 32.1 Å². The highest BCUT2D eigenvalue weighted by atomic mass is 35.5. The molecule has 0 aromatic heterocycles. The van der Waals surface area contributed by atoms with Gasteiger partial charge < -0.3 is 9.47 Å². The van der Waals surface area contributed by atoms with Crippen LogP contribution < -0.4 is 0 Å². The minimum absolute atomic E-state index is 0.218. The van der Waals surface area contributed by atoms with Crippen LogP contribution in [-0.4, -0.2) is 17.7 Å². The summed E-state index contributed by atoms with van der Waals surface area (Å²) in [6, 6.07) is 6.46. The van der Waals surface area contributed by atoms with Crippen molar-refractivity contribution in [3.8, 4) is 6.07 Å². The van der Waals surface area contributed by atoms with E-state index in [0.29, 0.717) is 11.1 Å². The second-order valence-electron chi connectivity index (χ2n) is 4.59. The number of ether oxygens (including phenoxy) is 2. The van der Waals surface area contributed by atoms with Gasteiger partial charge in [-0.15, -0.1) is 0 Å². The number of nitriles is 1. The minimum atomic E-state index is -1.27. The van der Waals surface area contributed by atoms with Crippen LogP contribution in [0.15, 0.2) is 23.8 Å². The Balaban J connectivity index is 2.36. The first kappa shape index (κ1) is 14.1. The topological polar surface area (TPSA) is 76.4 Å². The first-order chi connectivity index (χ1) is 9.32. The summed E-state index contributed by atoms with van der Waals surface area (Å²) in [5.74, 6) is -2.79. The van der Waals surface area contributed by atoms with E-state index in [0.717, 1.165) is 0 Å². The molecule has 102 valence electrons. The number of rotatable bonds is 1. The van der Waals surface area contributed by atoms with Gasteiger partial charge >= 0.3 is 11.9 Å². The van der Waals surface area contributed by atoms with E-state index in [1.54, 1.807) is 6.07 Å². The molecule has 6 heteroatoms. The summed E-state index contributed by atoms with van der Waals surface area (Å²) in [6.07, 6.45) is 1.31. The van der Waals surface area contributed by atoms with Crippen LogP contribution in [0.1, 0.15) is 25.0 Å². The van der Waals surface area contributed by atoms with Gasteiger partial charge in [0.05, 0.1) is 10.6 Å². The lowest BCUT2D eigenvalue weighted by molar-refractivity contribution is -0.222. The third-order valence-electron chi connectivity index (χ3n) is 2.54. The number of carbonyl (C=O) groups is 2. The molecule has 0 radical (unpaired) electrons. The minimum Gasteiger partial charge on any atom is -0.419 e. The molecule has 2 rings (SSSR count). The molecule has 0 saturated carbocycles. The number of carbonyl (C=O) groups excluding carboxylic acids is 2. The van der Waals surface area contributed by atoms with Gasteiger partial charge in [-0.3, -0.25) is 0 Å². The van der Waals surface area contributed by atoms with E-state index in [4.69, 9.17) is 26.3 Å². The van der Waals surface area contributed by atoms with Crippen molar-refractivity contribution >= 4 is 29.6 Å². The Bertz CT molecular complexity index is 648. The summed E-state index contributed by atoms with van der Waals surface area (Å²) >= 11 is 5.88. The molecule has 0 aliphatic carbocycles. The highest BCUT2D eigenvalue weighted by Gasteiger charge is 2.38. The van der Waals surface area contributed by atoms with Crippen molar-refractivity contribution < 1.29 is 19.1 Å². The molecule has 5 nitrogen and oxygen atoms in total. The lowest BCUT2D eigenvalue weighted by Crippen LogP contribution is -2.41. The fraction of sp³-hybridized carbons (Fsp3) is 0.214. The van der Waals surface area contributed by atoms with E-state index in [2.05, 4.69) is 0 Å². The van der Waals surface area contributed by atoms with Crippen molar-refractivity contribution in [1.29, 1.82) is 5.26 Å². The second-order valence-corrected chi connectivity index (χ2v) is 5.00. The lowest BCUT2D eigenvalue weighted by Gasteiger charge is -2.29. The summed E-state index contributed by atoms with van der Waals surface area (Å²) in [6.45, 7) is 2.94. The molecule has 1 aliphatic rings. The molecule has 20 heavy (non-hydrogen) atoms. The van der Waals surface area contributed by atoms with Crippen LogP contribution in [-0.2, 0) is 19.1 Å². The van der Waals surface area contributed by atoms with E-state index in [-0.39, 0.29) is 10.6 Å². The second kappa shape index (κ2) is 4.99. The standard InChI is InChI=1S/C14H10ClNO4/c1-14(2)19-12(17)10(13(18)20-14)5-8-3-4-9(7-16)11(15)6-8/h3-6H,1-2H3. The smallest absolute Gasteiger partial charge is 0.348 e. The Hall–Kier alpha value is -2.32. The Morgan fingerprint density at radius 2 is 1.85 bits per heavy atom. The molecule has 0 atom stereocenters. The first-order valence-electron chi connectivity index (χ1n) is 5.70. The summed E-state index contributed by atoms with van der Waals surface area (Å²) in [5, 5.41) is 9.01. The summed E-state index contributed by atoms with van der Waals surface area (Å²) in [4.78, 5) is 23.5. The molecule has 0 bridgehead atoms. The van der Waals surface area contributed by atoms with Gasteiger partial charge in [-0.1, -0.05) is 17.7 Å². The Labute approximate surface area is 120 Å². The van der Waals surface area contributed by atoms with Crippen LogP contribution in [0.5, 0.6) is 0 Å². The average Bonchev–Trinajstić information content (AvgIpc) is 2.33. The van der Waals surface area contributed by atoms with Crippen molar-refractivity contribution in [3.63, 3.8) is 0 Å². The van der Waals surface area contributed by atoms with Crippen LogP contribution in [0.2, 0.25) is 5.02 Å². The molecule has 0 unspecified atom stereocenters. The zero-order valence-electron chi connectivity index (χ0n) is 10.8. The molecular weight excluding hydrogens is 282 g/mol. The van der Waals surface area contributed by atoms with Gasteiger partial charge in [-0.25, -0.2) is 9.59 Å². The molecule has 1 aromatic carbocycles. The van der Waals surface area contributed by atoms with E-state index in [1.807, 2.05) is 6.07 Å². The van der Waals surface area contributed by atoms with E-state index >= 15 is 0 Å². The van der Waals surface area contributed by atoms with Crippen molar-refractivity contribution in [3.05, 3.63) is 39.9 Å². The van der Waals surface area contributed by atoms with Crippen molar-refractivity contribution in [2.45, 2.75) is 19.6 Å². The van der Waals surface area contributed by atoms with Crippen LogP contribution >= 0.6 is 11.6 Å². The third-order valence-corrected chi connectivity index (χ3v) is 2.85. The fourth-order valence-corrected chi connectivity index (χ4v) is 1.89. The Morgan fingerprint density at radius 1 is 1.25 bits per heavy atom. The molecule has 1 heterocycles. The zero-order valence-corrected chi connectivity index (χ0v) is 11.5. The maximum absolute atomic E-state index is 11.8. The highest BCUT2D eigenvalue weighted by Crippen LogP contribution is 2.25. The third kappa shape index (κ3) is 2.81. The normalized spacial score (nSPS) is 17.0. The lowest BCUT2D eigenvalue weighted by atomic mass is 10.1. The highest BCUT2D eigenvalue weighted by molar-refractivity contribution is 6.32. The Morgan fingerprint density at radius 3 is 2.35 bits per heavy atom. The molecule has 0 amide bonds. The van der Waals surface area contributed by atoms with Gasteiger partial charge in [-0.05, 0) is 23.8 Å². The van der Waals surface area contributed by atoms with Crippen molar-refractivity contribution in [2.75, 3.05) is 0 Å². The number of halogens is 1. The molecule has 0 spiro atoms. The summed E-state index contributed by atoms with van der Waals surface area (Å²) < 4.78 is 9.94.